The summed E-state index contributed by atoms with van der Waals surface area (Å²) in [4.78, 5) is 2.42. The van der Waals surface area contributed by atoms with E-state index in [1.807, 2.05) is 6.07 Å². The number of H-pyrrole nitrogens is 1. The summed E-state index contributed by atoms with van der Waals surface area (Å²) in [5.74, 6) is 2.71. The first-order valence-corrected chi connectivity index (χ1v) is 9.23. The molecule has 0 unspecified atom stereocenters. The lowest BCUT2D eigenvalue weighted by atomic mass is 10.0. The van der Waals surface area contributed by atoms with E-state index in [4.69, 9.17) is 9.47 Å². The molecule has 0 saturated carbocycles. The number of ether oxygens (including phenoxy) is 2. The number of thioether (sulfide) groups is 1. The van der Waals surface area contributed by atoms with Crippen LogP contribution >= 0.6 is 11.8 Å². The highest BCUT2D eigenvalue weighted by Gasteiger charge is 2.21. The Hall–Kier alpha value is -1.93. The van der Waals surface area contributed by atoms with E-state index in [1.54, 1.807) is 18.0 Å². The number of rotatable bonds is 6. The molecule has 4 rings (SSSR count). The number of nitrogens with zero attached hydrogens (tertiary/aromatic N) is 3. The fourth-order valence-electron chi connectivity index (χ4n) is 3.10. The van der Waals surface area contributed by atoms with Gasteiger partial charge in [-0.25, -0.2) is 0 Å². The molecule has 2 aromatic rings. The molecule has 2 aliphatic heterocycles. The van der Waals surface area contributed by atoms with Crippen molar-refractivity contribution in [3.63, 3.8) is 0 Å². The quantitative estimate of drug-likeness (QED) is 0.610. The Kier molecular flexibility index (Phi) is 4.75. The molecule has 0 radical (unpaired) electrons. The van der Waals surface area contributed by atoms with E-state index >= 15 is 0 Å². The Morgan fingerprint density at radius 3 is 2.96 bits per heavy atom. The van der Waals surface area contributed by atoms with E-state index in [0.717, 1.165) is 54.8 Å². The number of fused-ring (bicyclic) bond motifs is 1. The Labute approximate surface area is 145 Å². The second kappa shape index (κ2) is 7.31. The van der Waals surface area contributed by atoms with Crippen molar-refractivity contribution in [2.24, 2.45) is 0 Å². The van der Waals surface area contributed by atoms with E-state index in [0.29, 0.717) is 12.8 Å². The molecule has 0 atom stereocenters. The minimum absolute atomic E-state index is 0.330. The van der Waals surface area contributed by atoms with Crippen molar-refractivity contribution < 1.29 is 9.47 Å². The van der Waals surface area contributed by atoms with Crippen LogP contribution in [0.1, 0.15) is 12.8 Å². The Morgan fingerprint density at radius 2 is 2.12 bits per heavy atom. The van der Waals surface area contributed by atoms with Gasteiger partial charge >= 0.3 is 0 Å². The summed E-state index contributed by atoms with van der Waals surface area (Å²) in [5.41, 5.74) is 1.22. The van der Waals surface area contributed by atoms with Crippen LogP contribution in [0.4, 0.5) is 5.69 Å². The first-order chi connectivity index (χ1) is 11.9. The summed E-state index contributed by atoms with van der Waals surface area (Å²) in [6, 6.07) is 6.80. The monoisotopic (exact) mass is 347 g/mol. The molecule has 0 aliphatic carbocycles. The van der Waals surface area contributed by atoms with Gasteiger partial charge in [-0.2, -0.15) is 10.3 Å². The van der Waals surface area contributed by atoms with Gasteiger partial charge in [0.15, 0.2) is 11.5 Å². The number of piperidine rings is 1. The van der Waals surface area contributed by atoms with Crippen molar-refractivity contribution in [3.8, 4) is 11.5 Å². The van der Waals surface area contributed by atoms with Crippen LogP contribution < -0.4 is 19.7 Å². The molecule has 2 N–H and O–H groups in total. The van der Waals surface area contributed by atoms with Gasteiger partial charge in [-0.05, 0) is 25.0 Å². The topological polar surface area (TPSA) is 75.3 Å². The molecule has 0 bridgehead atoms. The van der Waals surface area contributed by atoms with Gasteiger partial charge in [-0.3, -0.25) is 0 Å². The van der Waals surface area contributed by atoms with Crippen molar-refractivity contribution in [1.29, 1.82) is 0 Å². The van der Waals surface area contributed by atoms with Gasteiger partial charge in [0.2, 0.25) is 6.79 Å². The zero-order chi connectivity index (χ0) is 16.2. The molecule has 1 aromatic heterocycles. The molecule has 1 aromatic carbocycles. The maximum absolute atomic E-state index is 5.47. The van der Waals surface area contributed by atoms with Gasteiger partial charge in [0.05, 0.1) is 6.20 Å². The zero-order valence-corrected chi connectivity index (χ0v) is 14.2. The molecular formula is C16H21N5O2S. The van der Waals surface area contributed by atoms with Crippen molar-refractivity contribution in [1.82, 2.24) is 20.7 Å². The van der Waals surface area contributed by atoms with Gasteiger partial charge in [0.25, 0.3) is 0 Å². The number of benzene rings is 1. The van der Waals surface area contributed by atoms with Crippen LogP contribution in [0.2, 0.25) is 0 Å². The predicted octanol–water partition coefficient (Wildman–Crippen LogP) is 1.88. The molecule has 0 amide bonds. The van der Waals surface area contributed by atoms with E-state index in [1.165, 1.54) is 5.69 Å². The maximum Gasteiger partial charge on any atom is 0.231 e. The molecule has 7 nitrogen and oxygen atoms in total. The summed E-state index contributed by atoms with van der Waals surface area (Å²) in [5, 5.41) is 15.1. The third kappa shape index (κ3) is 3.59. The standard InChI is InChI=1S/C16H21N5O2S/c1-2-14-15(23-11-22-14)9-13(1)21-6-3-12(4-7-21)17-5-8-24-16-10-18-20-19-16/h1-2,9-10,12,17H,3-8,11H2,(H,18,19,20). The number of hydrogen-bond donors (Lipinski definition) is 2. The number of anilines is 1. The van der Waals surface area contributed by atoms with Crippen LogP contribution in [-0.4, -0.2) is 53.6 Å². The second-order valence-corrected chi connectivity index (χ2v) is 7.02. The summed E-state index contributed by atoms with van der Waals surface area (Å²) >= 11 is 1.72. The molecule has 8 heteroatoms. The predicted molar refractivity (Wildman–Crippen MR) is 92.9 cm³/mol. The van der Waals surface area contributed by atoms with Gasteiger partial charge in [0.1, 0.15) is 5.03 Å². The largest absolute Gasteiger partial charge is 0.454 e. The lowest BCUT2D eigenvalue weighted by Crippen LogP contribution is -2.43. The van der Waals surface area contributed by atoms with Gasteiger partial charge in [0, 0.05) is 43.2 Å². The molecule has 3 heterocycles. The SMILES string of the molecule is c1cc2c(cc1N1CCC(NCCSc3cn[nH]n3)CC1)OCO2. The normalized spacial score (nSPS) is 17.4. The average Bonchev–Trinajstić information content (AvgIpc) is 3.30. The molecule has 1 saturated heterocycles. The minimum atomic E-state index is 0.330. The molecule has 2 aliphatic rings. The average molecular weight is 347 g/mol. The first-order valence-electron chi connectivity index (χ1n) is 8.25. The first kappa shape index (κ1) is 15.6. The van der Waals surface area contributed by atoms with Crippen LogP contribution in [0.5, 0.6) is 11.5 Å². The Morgan fingerprint density at radius 1 is 1.25 bits per heavy atom. The van der Waals surface area contributed by atoms with Crippen molar-refractivity contribution in [2.75, 3.05) is 37.1 Å². The highest BCUT2D eigenvalue weighted by molar-refractivity contribution is 7.99. The second-order valence-electron chi connectivity index (χ2n) is 5.91. The van der Waals surface area contributed by atoms with Crippen LogP contribution in [0.15, 0.2) is 29.4 Å². The van der Waals surface area contributed by atoms with E-state index in [-0.39, 0.29) is 0 Å². The summed E-state index contributed by atoms with van der Waals surface area (Å²) in [7, 11) is 0. The summed E-state index contributed by atoms with van der Waals surface area (Å²) in [6.45, 7) is 3.45. The highest BCUT2D eigenvalue weighted by atomic mass is 32.2. The zero-order valence-electron chi connectivity index (χ0n) is 13.4. The smallest absolute Gasteiger partial charge is 0.231 e. The summed E-state index contributed by atoms with van der Waals surface area (Å²) in [6.07, 6.45) is 4.07. The Balaban J connectivity index is 1.20. The van der Waals surface area contributed by atoms with E-state index < -0.39 is 0 Å². The Bertz CT molecular complexity index is 658. The minimum Gasteiger partial charge on any atom is -0.454 e. The van der Waals surface area contributed by atoms with Crippen LogP contribution in [0, 0.1) is 0 Å². The van der Waals surface area contributed by atoms with E-state index in [9.17, 15) is 0 Å². The van der Waals surface area contributed by atoms with E-state index in [2.05, 4.69) is 37.8 Å². The molecule has 0 spiro atoms. The third-order valence-corrected chi connectivity index (χ3v) is 5.29. The molecule has 24 heavy (non-hydrogen) atoms. The van der Waals surface area contributed by atoms with Crippen LogP contribution in [0.3, 0.4) is 0 Å². The number of nitrogens with one attached hydrogen (secondary N) is 2. The fraction of sp³-hybridized carbons (Fsp3) is 0.500. The lowest BCUT2D eigenvalue weighted by molar-refractivity contribution is 0.174. The molecular weight excluding hydrogens is 326 g/mol. The van der Waals surface area contributed by atoms with Gasteiger partial charge in [-0.1, -0.05) is 0 Å². The van der Waals surface area contributed by atoms with Crippen molar-refractivity contribution in [2.45, 2.75) is 23.9 Å². The number of aromatic nitrogens is 3. The molecule has 1 fully saturated rings. The maximum atomic E-state index is 5.47. The van der Waals surface area contributed by atoms with Crippen LogP contribution in [0.25, 0.3) is 0 Å². The molecule has 128 valence electrons. The van der Waals surface area contributed by atoms with Gasteiger partial charge < -0.3 is 19.7 Å². The number of hydrogen-bond acceptors (Lipinski definition) is 7. The summed E-state index contributed by atoms with van der Waals surface area (Å²) < 4.78 is 10.8. The number of aromatic amines is 1. The fourth-order valence-corrected chi connectivity index (χ4v) is 3.76. The third-order valence-electron chi connectivity index (χ3n) is 4.39. The van der Waals surface area contributed by atoms with Gasteiger partial charge in [-0.15, -0.1) is 16.9 Å². The highest BCUT2D eigenvalue weighted by Crippen LogP contribution is 2.36. The van der Waals surface area contributed by atoms with Crippen molar-refractivity contribution in [3.05, 3.63) is 24.4 Å². The lowest BCUT2D eigenvalue weighted by Gasteiger charge is -2.34. The van der Waals surface area contributed by atoms with Crippen LogP contribution in [-0.2, 0) is 0 Å². The van der Waals surface area contributed by atoms with Crippen molar-refractivity contribution >= 4 is 17.4 Å².